The predicted octanol–water partition coefficient (Wildman–Crippen LogP) is 3.31. The number of rotatable bonds is 8. The lowest BCUT2D eigenvalue weighted by Gasteiger charge is -2.22. The minimum atomic E-state index is -4.05. The van der Waals surface area contributed by atoms with Gasteiger partial charge in [-0.1, -0.05) is 18.2 Å². The molecular formula is C16H17N2O7P. The van der Waals surface area contributed by atoms with Crippen LogP contribution in [0, 0.1) is 10.1 Å². The molecule has 2 aromatic carbocycles. The van der Waals surface area contributed by atoms with Crippen molar-refractivity contribution in [2.24, 2.45) is 0 Å². The minimum Gasteiger partial charge on any atom is -0.468 e. The van der Waals surface area contributed by atoms with Gasteiger partial charge in [0.25, 0.3) is 5.69 Å². The maximum atomic E-state index is 13.1. The van der Waals surface area contributed by atoms with E-state index in [-0.39, 0.29) is 17.2 Å². The molecule has 2 atom stereocenters. The summed E-state index contributed by atoms with van der Waals surface area (Å²) in [5.74, 6) is -0.337. The number of nitro groups is 1. The van der Waals surface area contributed by atoms with Gasteiger partial charge in [0.15, 0.2) is 0 Å². The number of benzene rings is 2. The maximum Gasteiger partial charge on any atom is 0.513 e. The van der Waals surface area contributed by atoms with E-state index in [0.29, 0.717) is 0 Å². The molecule has 0 aliphatic carbocycles. The zero-order valence-corrected chi connectivity index (χ0v) is 14.9. The van der Waals surface area contributed by atoms with Crippen molar-refractivity contribution in [1.29, 1.82) is 0 Å². The summed E-state index contributed by atoms with van der Waals surface area (Å²) >= 11 is 0. The maximum absolute atomic E-state index is 13.1. The summed E-state index contributed by atoms with van der Waals surface area (Å²) in [6.45, 7) is 1.44. The molecule has 2 aromatic rings. The first-order valence-corrected chi connectivity index (χ1v) is 9.01. The normalized spacial score (nSPS) is 13.9. The van der Waals surface area contributed by atoms with Gasteiger partial charge in [0.2, 0.25) is 0 Å². The molecule has 0 radical (unpaired) electrons. The standard InChI is InChI=1S/C16H17N2O7P/c1-12(16(19)23-2)17-26(22,24-14-6-4-3-5-7-14)25-15-10-8-13(9-11-15)18(20)21/h3-12H,1-2H3,(H,17,22)/t12-,26+/m0/s1. The number of non-ortho nitro benzene ring substituents is 1. The topological polar surface area (TPSA) is 117 Å². The number of nitro benzene ring substituents is 1. The van der Waals surface area contributed by atoms with E-state index < -0.39 is 24.7 Å². The molecule has 9 nitrogen and oxygen atoms in total. The number of hydrogen-bond donors (Lipinski definition) is 1. The van der Waals surface area contributed by atoms with Crippen LogP contribution in [0.4, 0.5) is 5.69 Å². The number of carbonyl (C=O) groups excluding carboxylic acids is 1. The van der Waals surface area contributed by atoms with Crippen molar-refractivity contribution >= 4 is 19.4 Å². The molecule has 0 aliphatic heterocycles. The zero-order valence-electron chi connectivity index (χ0n) is 14.0. The molecule has 138 valence electrons. The largest absolute Gasteiger partial charge is 0.513 e. The molecule has 0 aliphatic rings. The first kappa shape index (κ1) is 19.4. The van der Waals surface area contributed by atoms with Gasteiger partial charge in [-0.2, -0.15) is 5.09 Å². The average molecular weight is 380 g/mol. The van der Waals surface area contributed by atoms with Crippen LogP contribution in [0.15, 0.2) is 54.6 Å². The van der Waals surface area contributed by atoms with Crippen LogP contribution in [0.3, 0.4) is 0 Å². The summed E-state index contributed by atoms with van der Waals surface area (Å²) < 4.78 is 28.5. The molecule has 0 heterocycles. The van der Waals surface area contributed by atoms with Crippen LogP contribution in [-0.4, -0.2) is 24.0 Å². The summed E-state index contributed by atoms with van der Waals surface area (Å²) in [5.41, 5.74) is -0.146. The van der Waals surface area contributed by atoms with Crippen molar-refractivity contribution in [3.63, 3.8) is 0 Å². The Hall–Kier alpha value is -2.90. The second-order valence-corrected chi connectivity index (χ2v) is 6.74. The van der Waals surface area contributed by atoms with E-state index in [2.05, 4.69) is 9.82 Å². The third-order valence-electron chi connectivity index (χ3n) is 3.15. The number of carbonyl (C=O) groups is 1. The zero-order chi connectivity index (χ0) is 19.2. The van der Waals surface area contributed by atoms with Crippen LogP contribution in [-0.2, 0) is 14.1 Å². The monoisotopic (exact) mass is 380 g/mol. The fourth-order valence-electron chi connectivity index (χ4n) is 1.93. The van der Waals surface area contributed by atoms with Crippen molar-refractivity contribution in [2.45, 2.75) is 13.0 Å². The molecule has 0 amide bonds. The van der Waals surface area contributed by atoms with Gasteiger partial charge < -0.3 is 13.8 Å². The highest BCUT2D eigenvalue weighted by Crippen LogP contribution is 2.45. The van der Waals surface area contributed by atoms with E-state index in [9.17, 15) is 19.5 Å². The van der Waals surface area contributed by atoms with Crippen LogP contribution >= 0.6 is 7.75 Å². The van der Waals surface area contributed by atoms with Crippen molar-refractivity contribution < 1.29 is 28.1 Å². The molecule has 0 saturated carbocycles. The number of ether oxygens (including phenoxy) is 1. The third-order valence-corrected chi connectivity index (χ3v) is 4.75. The molecule has 0 unspecified atom stereocenters. The number of esters is 1. The Morgan fingerprint density at radius 2 is 1.62 bits per heavy atom. The SMILES string of the molecule is COC(=O)[C@H](C)N[P@@](=O)(Oc1ccccc1)Oc1ccc([N+](=O)[O-])cc1. The van der Waals surface area contributed by atoms with Crippen molar-refractivity contribution in [3.05, 3.63) is 64.7 Å². The highest BCUT2D eigenvalue weighted by molar-refractivity contribution is 7.52. The van der Waals surface area contributed by atoms with Gasteiger partial charge in [-0.05, 0) is 31.2 Å². The number of nitrogens with zero attached hydrogens (tertiary/aromatic N) is 1. The summed E-state index contributed by atoms with van der Waals surface area (Å²) in [6, 6.07) is 12.2. The Morgan fingerprint density at radius 3 is 2.12 bits per heavy atom. The quantitative estimate of drug-likeness (QED) is 0.321. The first-order chi connectivity index (χ1) is 12.3. The Bertz CT molecular complexity index is 811. The van der Waals surface area contributed by atoms with E-state index >= 15 is 0 Å². The van der Waals surface area contributed by atoms with Crippen molar-refractivity contribution in [3.8, 4) is 11.5 Å². The second kappa shape index (κ2) is 8.46. The van der Waals surface area contributed by atoms with Crippen molar-refractivity contribution in [2.75, 3.05) is 7.11 Å². The predicted molar refractivity (Wildman–Crippen MR) is 93.0 cm³/mol. The number of methoxy groups -OCH3 is 1. The first-order valence-electron chi connectivity index (χ1n) is 7.47. The molecule has 2 rings (SSSR count). The second-order valence-electron chi connectivity index (χ2n) is 5.12. The molecule has 1 N–H and O–H groups in total. The van der Waals surface area contributed by atoms with Crippen LogP contribution in [0.25, 0.3) is 0 Å². The Balaban J connectivity index is 2.25. The van der Waals surface area contributed by atoms with E-state index in [1.165, 1.54) is 38.3 Å². The van der Waals surface area contributed by atoms with Crippen LogP contribution in [0.5, 0.6) is 11.5 Å². The number of hydrogen-bond acceptors (Lipinski definition) is 7. The average Bonchev–Trinajstić information content (AvgIpc) is 2.61. The van der Waals surface area contributed by atoms with E-state index in [4.69, 9.17) is 9.05 Å². The molecule has 0 bridgehead atoms. The fourth-order valence-corrected chi connectivity index (χ4v) is 3.45. The fraction of sp³-hybridized carbons (Fsp3) is 0.188. The van der Waals surface area contributed by atoms with E-state index in [1.807, 2.05) is 0 Å². The molecule has 0 saturated heterocycles. The minimum absolute atomic E-state index is 0.0689. The van der Waals surface area contributed by atoms with Crippen LogP contribution < -0.4 is 14.1 Å². The highest BCUT2D eigenvalue weighted by atomic mass is 31.2. The Kier molecular flexibility index (Phi) is 6.32. The Labute approximate surface area is 149 Å². The number of nitrogens with one attached hydrogen (secondary N) is 1. The summed E-state index contributed by atoms with van der Waals surface area (Å²) in [6.07, 6.45) is 0. The lowest BCUT2D eigenvalue weighted by atomic mass is 10.3. The van der Waals surface area contributed by atoms with Gasteiger partial charge in [0.1, 0.15) is 17.5 Å². The van der Waals surface area contributed by atoms with Gasteiger partial charge in [-0.15, -0.1) is 0 Å². The van der Waals surface area contributed by atoms with Gasteiger partial charge in [-0.3, -0.25) is 14.9 Å². The van der Waals surface area contributed by atoms with Gasteiger partial charge in [0, 0.05) is 12.1 Å². The molecule has 10 heteroatoms. The molecule has 26 heavy (non-hydrogen) atoms. The van der Waals surface area contributed by atoms with Gasteiger partial charge in [0.05, 0.1) is 12.0 Å². The molecule has 0 fully saturated rings. The summed E-state index contributed by atoms with van der Waals surface area (Å²) in [4.78, 5) is 21.8. The summed E-state index contributed by atoms with van der Waals surface area (Å²) in [5, 5.41) is 13.2. The van der Waals surface area contributed by atoms with E-state index in [1.54, 1.807) is 30.3 Å². The van der Waals surface area contributed by atoms with Gasteiger partial charge in [-0.25, -0.2) is 4.57 Å². The van der Waals surface area contributed by atoms with Crippen molar-refractivity contribution in [1.82, 2.24) is 5.09 Å². The lowest BCUT2D eigenvalue weighted by molar-refractivity contribution is -0.384. The molecule has 0 spiro atoms. The lowest BCUT2D eigenvalue weighted by Crippen LogP contribution is -2.35. The Morgan fingerprint density at radius 1 is 1.08 bits per heavy atom. The van der Waals surface area contributed by atoms with Crippen LogP contribution in [0.2, 0.25) is 0 Å². The molecular weight excluding hydrogens is 363 g/mol. The van der Waals surface area contributed by atoms with Gasteiger partial charge >= 0.3 is 13.7 Å². The third kappa shape index (κ3) is 5.30. The summed E-state index contributed by atoms with van der Waals surface area (Å²) in [7, 11) is -2.85. The number of para-hydroxylation sites is 1. The van der Waals surface area contributed by atoms with E-state index in [0.717, 1.165) is 0 Å². The highest BCUT2D eigenvalue weighted by Gasteiger charge is 2.33. The smallest absolute Gasteiger partial charge is 0.468 e. The molecule has 0 aromatic heterocycles. The van der Waals surface area contributed by atoms with Crippen LogP contribution in [0.1, 0.15) is 6.92 Å².